The van der Waals surface area contributed by atoms with Gasteiger partial charge in [-0.3, -0.25) is 0 Å². The van der Waals surface area contributed by atoms with Crippen LogP contribution in [0.25, 0.3) is 0 Å². The van der Waals surface area contributed by atoms with Crippen LogP contribution in [0.2, 0.25) is 0 Å². The SMILES string of the molecule is CCc1cccc(C)c1Nc1ccc(N)cc1C(=O)OC. The lowest BCUT2D eigenvalue weighted by Crippen LogP contribution is -2.08. The quantitative estimate of drug-likeness (QED) is 0.664. The standard InChI is InChI=1S/C17H20N2O2/c1-4-12-7-5-6-11(2)16(12)19-15-9-8-13(18)10-14(15)17(20)21-3/h5-10,19H,4,18H2,1-3H3. The van der Waals surface area contributed by atoms with Gasteiger partial charge in [-0.2, -0.15) is 0 Å². The van der Waals surface area contributed by atoms with Crippen molar-refractivity contribution in [3.8, 4) is 0 Å². The first-order valence-electron chi connectivity index (χ1n) is 6.90. The average Bonchev–Trinajstić information content (AvgIpc) is 2.49. The van der Waals surface area contributed by atoms with Gasteiger partial charge in [0.2, 0.25) is 0 Å². The number of carbonyl (C=O) groups excluding carboxylic acids is 1. The van der Waals surface area contributed by atoms with Gasteiger partial charge in [0.1, 0.15) is 0 Å². The normalized spacial score (nSPS) is 10.2. The molecule has 0 radical (unpaired) electrons. The van der Waals surface area contributed by atoms with Gasteiger partial charge in [-0.15, -0.1) is 0 Å². The van der Waals surface area contributed by atoms with Crippen molar-refractivity contribution >= 4 is 23.0 Å². The molecule has 0 aliphatic rings. The van der Waals surface area contributed by atoms with Crippen molar-refractivity contribution in [2.24, 2.45) is 0 Å². The first kappa shape index (κ1) is 14.9. The van der Waals surface area contributed by atoms with Crippen molar-refractivity contribution in [1.29, 1.82) is 0 Å². The van der Waals surface area contributed by atoms with Gasteiger partial charge in [0, 0.05) is 11.4 Å². The Morgan fingerprint density at radius 2 is 2.05 bits per heavy atom. The highest BCUT2D eigenvalue weighted by atomic mass is 16.5. The molecule has 0 fully saturated rings. The number of ether oxygens (including phenoxy) is 1. The number of benzene rings is 2. The topological polar surface area (TPSA) is 64.3 Å². The molecule has 0 saturated heterocycles. The minimum absolute atomic E-state index is 0.406. The van der Waals surface area contributed by atoms with E-state index in [0.29, 0.717) is 16.9 Å². The first-order valence-corrected chi connectivity index (χ1v) is 6.90. The number of rotatable bonds is 4. The van der Waals surface area contributed by atoms with Crippen molar-refractivity contribution in [3.63, 3.8) is 0 Å². The lowest BCUT2D eigenvalue weighted by molar-refractivity contribution is 0.0602. The summed E-state index contributed by atoms with van der Waals surface area (Å²) in [4.78, 5) is 11.9. The van der Waals surface area contributed by atoms with E-state index in [4.69, 9.17) is 10.5 Å². The van der Waals surface area contributed by atoms with E-state index in [1.54, 1.807) is 18.2 Å². The second-order valence-electron chi connectivity index (χ2n) is 4.88. The van der Waals surface area contributed by atoms with Crippen LogP contribution in [-0.4, -0.2) is 13.1 Å². The molecule has 2 aromatic carbocycles. The summed E-state index contributed by atoms with van der Waals surface area (Å²) in [5, 5.41) is 3.35. The second kappa shape index (κ2) is 6.31. The highest BCUT2D eigenvalue weighted by Crippen LogP contribution is 2.28. The van der Waals surface area contributed by atoms with Crippen LogP contribution in [-0.2, 0) is 11.2 Å². The zero-order valence-electron chi connectivity index (χ0n) is 12.6. The third-order valence-electron chi connectivity index (χ3n) is 3.45. The molecule has 0 bridgehead atoms. The van der Waals surface area contributed by atoms with Crippen LogP contribution in [0.1, 0.15) is 28.4 Å². The Kier molecular flexibility index (Phi) is 4.48. The van der Waals surface area contributed by atoms with Crippen molar-refractivity contribution in [1.82, 2.24) is 0 Å². The average molecular weight is 284 g/mol. The summed E-state index contributed by atoms with van der Waals surface area (Å²) in [5.74, 6) is -0.406. The fourth-order valence-electron chi connectivity index (χ4n) is 2.29. The van der Waals surface area contributed by atoms with Gasteiger partial charge in [-0.25, -0.2) is 4.79 Å². The highest BCUT2D eigenvalue weighted by Gasteiger charge is 2.14. The fourth-order valence-corrected chi connectivity index (χ4v) is 2.29. The van der Waals surface area contributed by atoms with E-state index < -0.39 is 5.97 Å². The zero-order valence-corrected chi connectivity index (χ0v) is 12.6. The van der Waals surface area contributed by atoms with Crippen molar-refractivity contribution < 1.29 is 9.53 Å². The maximum absolute atomic E-state index is 11.9. The molecule has 21 heavy (non-hydrogen) atoms. The molecule has 2 aromatic rings. The van der Waals surface area contributed by atoms with Crippen LogP contribution in [0.5, 0.6) is 0 Å². The number of nitrogens with one attached hydrogen (secondary N) is 1. The molecule has 0 unspecified atom stereocenters. The summed E-state index contributed by atoms with van der Waals surface area (Å²) >= 11 is 0. The van der Waals surface area contributed by atoms with E-state index in [9.17, 15) is 4.79 Å². The summed E-state index contributed by atoms with van der Waals surface area (Å²) in [6.07, 6.45) is 0.909. The largest absolute Gasteiger partial charge is 0.465 e. The maximum Gasteiger partial charge on any atom is 0.340 e. The minimum Gasteiger partial charge on any atom is -0.465 e. The predicted molar refractivity (Wildman–Crippen MR) is 86.0 cm³/mol. The van der Waals surface area contributed by atoms with Crippen LogP contribution in [0.15, 0.2) is 36.4 Å². The lowest BCUT2D eigenvalue weighted by Gasteiger charge is -2.16. The molecule has 0 heterocycles. The number of nitrogens with two attached hydrogens (primary N) is 1. The molecule has 0 spiro atoms. The Labute approximate surface area is 124 Å². The van der Waals surface area contributed by atoms with Crippen molar-refractivity contribution in [3.05, 3.63) is 53.1 Å². The monoisotopic (exact) mass is 284 g/mol. The molecule has 0 aliphatic carbocycles. The van der Waals surface area contributed by atoms with E-state index in [1.165, 1.54) is 12.7 Å². The minimum atomic E-state index is -0.406. The third kappa shape index (κ3) is 3.16. The number of para-hydroxylation sites is 1. The van der Waals surface area contributed by atoms with E-state index in [0.717, 1.165) is 17.7 Å². The molecule has 110 valence electrons. The first-order chi connectivity index (χ1) is 10.1. The third-order valence-corrected chi connectivity index (χ3v) is 3.45. The molecule has 3 N–H and O–H groups in total. The number of anilines is 3. The molecule has 4 heteroatoms. The number of hydrogen-bond acceptors (Lipinski definition) is 4. The smallest absolute Gasteiger partial charge is 0.340 e. The summed E-state index contributed by atoms with van der Waals surface area (Å²) in [6, 6.07) is 11.3. The Morgan fingerprint density at radius 1 is 1.29 bits per heavy atom. The number of aryl methyl sites for hydroxylation is 2. The summed E-state index contributed by atoms with van der Waals surface area (Å²) in [6.45, 7) is 4.14. The molecule has 0 aliphatic heterocycles. The van der Waals surface area contributed by atoms with Crippen molar-refractivity contribution in [2.45, 2.75) is 20.3 Å². The lowest BCUT2D eigenvalue weighted by atomic mass is 10.0. The molecular weight excluding hydrogens is 264 g/mol. The number of esters is 1. The van der Waals surface area contributed by atoms with Gasteiger partial charge < -0.3 is 15.8 Å². The highest BCUT2D eigenvalue weighted by molar-refractivity contribution is 5.97. The molecule has 0 aromatic heterocycles. The molecule has 0 saturated carbocycles. The summed E-state index contributed by atoms with van der Waals surface area (Å²) < 4.78 is 4.82. The van der Waals surface area contributed by atoms with E-state index in [-0.39, 0.29) is 0 Å². The number of carbonyl (C=O) groups is 1. The van der Waals surface area contributed by atoms with Gasteiger partial charge in [-0.05, 0) is 42.7 Å². The summed E-state index contributed by atoms with van der Waals surface area (Å²) in [7, 11) is 1.36. The Hall–Kier alpha value is -2.49. The van der Waals surface area contributed by atoms with Crippen LogP contribution >= 0.6 is 0 Å². The molecule has 0 atom stereocenters. The molecular formula is C17H20N2O2. The van der Waals surface area contributed by atoms with E-state index >= 15 is 0 Å². The van der Waals surface area contributed by atoms with Crippen LogP contribution < -0.4 is 11.1 Å². The Morgan fingerprint density at radius 3 is 2.71 bits per heavy atom. The predicted octanol–water partition coefficient (Wildman–Crippen LogP) is 3.67. The Balaban J connectivity index is 2.47. The van der Waals surface area contributed by atoms with E-state index in [1.807, 2.05) is 19.1 Å². The Bertz CT molecular complexity index is 666. The molecule has 2 rings (SSSR count). The zero-order chi connectivity index (χ0) is 15.4. The summed E-state index contributed by atoms with van der Waals surface area (Å²) in [5.41, 5.74) is 10.8. The van der Waals surface area contributed by atoms with E-state index in [2.05, 4.69) is 18.3 Å². The molecule has 4 nitrogen and oxygen atoms in total. The molecule has 0 amide bonds. The van der Waals surface area contributed by atoms with Gasteiger partial charge in [0.25, 0.3) is 0 Å². The van der Waals surface area contributed by atoms with Crippen LogP contribution in [0.3, 0.4) is 0 Å². The maximum atomic E-state index is 11.9. The van der Waals surface area contributed by atoms with Gasteiger partial charge in [0.15, 0.2) is 0 Å². The fraction of sp³-hybridized carbons (Fsp3) is 0.235. The van der Waals surface area contributed by atoms with Crippen LogP contribution in [0.4, 0.5) is 17.1 Å². The van der Waals surface area contributed by atoms with Gasteiger partial charge in [-0.1, -0.05) is 25.1 Å². The van der Waals surface area contributed by atoms with Gasteiger partial charge >= 0.3 is 5.97 Å². The second-order valence-corrected chi connectivity index (χ2v) is 4.88. The number of hydrogen-bond donors (Lipinski definition) is 2. The van der Waals surface area contributed by atoms with Gasteiger partial charge in [0.05, 0.1) is 18.4 Å². The van der Waals surface area contributed by atoms with Crippen LogP contribution in [0, 0.1) is 6.92 Å². The van der Waals surface area contributed by atoms with Crippen molar-refractivity contribution in [2.75, 3.05) is 18.2 Å². The number of methoxy groups -OCH3 is 1. The number of nitrogen functional groups attached to an aromatic ring is 1.